The second-order valence-electron chi connectivity index (χ2n) is 17.6. The number of methoxy groups -OCH3 is 1. The minimum Gasteiger partial charge on any atom is -0.508 e. The molecule has 0 saturated carbocycles. The molecule has 1 aliphatic carbocycles. The number of phenolic OH excluding ortho intramolecular Hbond substituents is 1. The zero-order chi connectivity index (χ0) is 44.9. The molecule has 11 nitrogen and oxygen atoms in total. The summed E-state index contributed by atoms with van der Waals surface area (Å²) >= 11 is 1.75. The second kappa shape index (κ2) is 20.3. The molecule has 3 aliphatic rings. The van der Waals surface area contributed by atoms with Gasteiger partial charge in [-0.25, -0.2) is 0 Å². The largest absolute Gasteiger partial charge is 0.508 e. The maximum atomic E-state index is 10.0. The van der Waals surface area contributed by atoms with E-state index in [2.05, 4.69) is 106 Å². The van der Waals surface area contributed by atoms with E-state index < -0.39 is 0 Å². The molecule has 12 heteroatoms. The summed E-state index contributed by atoms with van der Waals surface area (Å²) in [6.45, 7) is 15.4. The van der Waals surface area contributed by atoms with Crippen molar-refractivity contribution in [2.75, 3.05) is 64.6 Å². The van der Waals surface area contributed by atoms with E-state index in [-0.39, 0.29) is 12.1 Å². The molecular formula is C53H62N6O5S. The third kappa shape index (κ3) is 10.2. The van der Waals surface area contributed by atoms with Crippen LogP contribution in [0.4, 0.5) is 5.69 Å². The second-order valence-corrected chi connectivity index (χ2v) is 18.8. The van der Waals surface area contributed by atoms with Gasteiger partial charge < -0.3 is 33.9 Å². The maximum absolute atomic E-state index is 10.0. The zero-order valence-corrected chi connectivity index (χ0v) is 39.3. The molecule has 1 unspecified atom stereocenters. The van der Waals surface area contributed by atoms with Crippen molar-refractivity contribution in [3.8, 4) is 33.4 Å². The highest BCUT2D eigenvalue weighted by Gasteiger charge is 2.28. The van der Waals surface area contributed by atoms with E-state index in [1.54, 1.807) is 18.4 Å². The van der Waals surface area contributed by atoms with Crippen LogP contribution in [0.25, 0.3) is 16.1 Å². The molecule has 3 atom stereocenters. The first-order valence-electron chi connectivity index (χ1n) is 23.3. The molecule has 0 spiro atoms. The Bertz CT molecular complexity index is 2590. The number of nitrogens with zero attached hydrogens (tertiary/aromatic N) is 6. The maximum Gasteiger partial charge on any atom is 0.162 e. The predicted octanol–water partition coefficient (Wildman–Crippen LogP) is 9.85. The van der Waals surface area contributed by atoms with E-state index in [0.29, 0.717) is 38.1 Å². The molecule has 1 fully saturated rings. The summed E-state index contributed by atoms with van der Waals surface area (Å²) in [5.74, 6) is 4.24. The SMILES string of the molecule is CCN(Cc1ccc(CCN2CC[C@@H](OCCOCCOc3ccc(-c4c(C)sc5c4C=N[C@@H](C)c4nnc(C)n4-5)cc3)C2)cc1)c1cc(OC)ccc1C1CCc2cc(O)ccc2C1. The van der Waals surface area contributed by atoms with Crippen molar-refractivity contribution in [1.29, 1.82) is 0 Å². The van der Waals surface area contributed by atoms with E-state index in [1.165, 1.54) is 43.9 Å². The van der Waals surface area contributed by atoms with Crippen LogP contribution in [-0.4, -0.2) is 96.8 Å². The van der Waals surface area contributed by atoms with Crippen LogP contribution in [0.1, 0.15) is 88.6 Å². The number of aryl methyl sites for hydroxylation is 3. The lowest BCUT2D eigenvalue weighted by molar-refractivity contribution is 0.00324. The fraction of sp³-hybridized carbons (Fsp3) is 0.415. The van der Waals surface area contributed by atoms with Crippen molar-refractivity contribution >= 4 is 23.2 Å². The highest BCUT2D eigenvalue weighted by molar-refractivity contribution is 7.15. The fourth-order valence-electron chi connectivity index (χ4n) is 9.76. The lowest BCUT2D eigenvalue weighted by atomic mass is 9.79. The number of anilines is 1. The van der Waals surface area contributed by atoms with Gasteiger partial charge in [-0.2, -0.15) is 0 Å². The first-order chi connectivity index (χ1) is 31.7. The molecule has 4 aromatic carbocycles. The average molecular weight is 895 g/mol. The van der Waals surface area contributed by atoms with Gasteiger partial charge in [-0.3, -0.25) is 9.56 Å². The van der Waals surface area contributed by atoms with Crippen molar-refractivity contribution in [3.63, 3.8) is 0 Å². The van der Waals surface area contributed by atoms with Crippen LogP contribution in [0, 0.1) is 13.8 Å². The van der Waals surface area contributed by atoms with Crippen LogP contribution in [0.2, 0.25) is 0 Å². The molecule has 4 heterocycles. The number of fused-ring (bicyclic) bond motifs is 4. The third-order valence-corrected chi connectivity index (χ3v) is 14.4. The quantitative estimate of drug-likeness (QED) is 0.0845. The van der Waals surface area contributed by atoms with Crippen molar-refractivity contribution in [3.05, 3.63) is 135 Å². The summed E-state index contributed by atoms with van der Waals surface area (Å²) < 4.78 is 26.0. The smallest absolute Gasteiger partial charge is 0.162 e. The predicted molar refractivity (Wildman–Crippen MR) is 260 cm³/mol. The Morgan fingerprint density at radius 2 is 1.66 bits per heavy atom. The van der Waals surface area contributed by atoms with E-state index in [1.807, 2.05) is 37.4 Å². The van der Waals surface area contributed by atoms with Gasteiger partial charge in [0.15, 0.2) is 5.82 Å². The van der Waals surface area contributed by atoms with Crippen molar-refractivity contribution in [1.82, 2.24) is 19.7 Å². The summed E-state index contributed by atoms with van der Waals surface area (Å²) in [6, 6.07) is 29.9. The molecule has 0 amide bonds. The first-order valence-corrected chi connectivity index (χ1v) is 24.1. The van der Waals surface area contributed by atoms with Gasteiger partial charge in [0.1, 0.15) is 40.7 Å². The molecule has 340 valence electrons. The molecule has 1 N–H and O–H groups in total. The lowest BCUT2D eigenvalue weighted by Gasteiger charge is -2.32. The van der Waals surface area contributed by atoms with Gasteiger partial charge in [-0.05, 0) is 129 Å². The summed E-state index contributed by atoms with van der Waals surface area (Å²) in [5.41, 5.74) is 11.3. The number of thiophene rings is 1. The number of phenols is 1. The van der Waals surface area contributed by atoms with E-state index in [0.717, 1.165) is 104 Å². The number of hydrogen-bond donors (Lipinski definition) is 1. The van der Waals surface area contributed by atoms with Gasteiger partial charge in [0.2, 0.25) is 0 Å². The molecule has 65 heavy (non-hydrogen) atoms. The molecule has 6 aromatic rings. The molecule has 9 rings (SSSR count). The molecule has 0 radical (unpaired) electrons. The monoisotopic (exact) mass is 894 g/mol. The first kappa shape index (κ1) is 44.7. The van der Waals surface area contributed by atoms with Gasteiger partial charge in [0.05, 0.1) is 33.0 Å². The van der Waals surface area contributed by atoms with Crippen LogP contribution in [-0.2, 0) is 35.3 Å². The fourth-order valence-corrected chi connectivity index (χ4v) is 11.0. The molecular weight excluding hydrogens is 833 g/mol. The molecule has 2 aromatic heterocycles. The molecule has 1 saturated heterocycles. The highest BCUT2D eigenvalue weighted by Crippen LogP contribution is 2.42. The van der Waals surface area contributed by atoms with Crippen molar-refractivity contribution in [2.45, 2.75) is 84.4 Å². The van der Waals surface area contributed by atoms with Gasteiger partial charge in [0, 0.05) is 66.7 Å². The summed E-state index contributed by atoms with van der Waals surface area (Å²) in [7, 11) is 1.74. The molecule has 2 aliphatic heterocycles. The minimum atomic E-state index is -0.0502. The van der Waals surface area contributed by atoms with Crippen molar-refractivity contribution in [2.24, 2.45) is 4.99 Å². The van der Waals surface area contributed by atoms with Crippen LogP contribution < -0.4 is 14.4 Å². The van der Waals surface area contributed by atoms with Crippen LogP contribution in [0.5, 0.6) is 17.2 Å². The Hall–Kier alpha value is -5.53. The number of aromatic nitrogens is 3. The Kier molecular flexibility index (Phi) is 14.0. The summed E-state index contributed by atoms with van der Waals surface area (Å²) in [5, 5.41) is 19.9. The van der Waals surface area contributed by atoms with E-state index in [4.69, 9.17) is 23.9 Å². The number of likely N-dealkylation sites (tertiary alicyclic amines) is 1. The number of aromatic hydroxyl groups is 1. The van der Waals surface area contributed by atoms with Crippen LogP contribution in [0.3, 0.4) is 0 Å². The third-order valence-electron chi connectivity index (χ3n) is 13.3. The number of rotatable bonds is 18. The zero-order valence-electron chi connectivity index (χ0n) is 38.5. The van der Waals surface area contributed by atoms with E-state index in [9.17, 15) is 5.11 Å². The molecule has 0 bridgehead atoms. The normalized spacial score (nSPS) is 18.0. The Labute approximate surface area is 387 Å². The highest BCUT2D eigenvalue weighted by atomic mass is 32.1. The standard InChI is InChI=1S/C53H62N6O5S/c1-6-58(50-31-46(61-5)19-20-48(50)43-12-11-42-30-44(60)16-13-41(42)29-43)33-39-9-7-38(8-10-39)21-23-57-24-22-47(34-57)64-28-26-62-25-27-63-45-17-14-40(15-18-45)51-36(3)65-53-49(51)32-54-35(2)52-56-55-37(4)59(52)53/h7-10,13-20,30-32,35,43,47,60H,6,11-12,21-29,33-34H2,1-5H3/t35-,43?,47+/m0/s1. The Morgan fingerprint density at radius 1 is 0.862 bits per heavy atom. The van der Waals surface area contributed by atoms with Gasteiger partial charge in [-0.1, -0.05) is 48.5 Å². The van der Waals surface area contributed by atoms with Gasteiger partial charge in [0.25, 0.3) is 0 Å². The summed E-state index contributed by atoms with van der Waals surface area (Å²) in [4.78, 5) is 11.0. The number of hydrogen-bond acceptors (Lipinski definition) is 11. The average Bonchev–Trinajstić information content (AvgIpc) is 4.02. The minimum absolute atomic E-state index is 0.0502. The topological polar surface area (TPSA) is 107 Å². The van der Waals surface area contributed by atoms with E-state index >= 15 is 0 Å². The summed E-state index contributed by atoms with van der Waals surface area (Å²) in [6.07, 6.45) is 7.34. The number of benzene rings is 4. The Morgan fingerprint density at radius 3 is 2.48 bits per heavy atom. The Balaban J connectivity index is 0.682. The van der Waals surface area contributed by atoms with Gasteiger partial charge in [-0.15, -0.1) is 21.5 Å². The van der Waals surface area contributed by atoms with Crippen LogP contribution in [0.15, 0.2) is 89.9 Å². The number of ether oxygens (including phenoxy) is 4. The van der Waals surface area contributed by atoms with Crippen LogP contribution >= 0.6 is 11.3 Å². The number of aliphatic imine (C=N–C) groups is 1. The lowest BCUT2D eigenvalue weighted by Crippen LogP contribution is -2.26. The van der Waals surface area contributed by atoms with Crippen molar-refractivity contribution < 1.29 is 24.1 Å². The van der Waals surface area contributed by atoms with Gasteiger partial charge >= 0.3 is 0 Å².